The number of aliphatic imine (C=N–C) groups is 1. The zero-order valence-corrected chi connectivity index (χ0v) is 9.73. The van der Waals surface area contributed by atoms with Gasteiger partial charge in [0.2, 0.25) is 0 Å². The minimum atomic E-state index is -0.248. The number of nitriles is 1. The van der Waals surface area contributed by atoms with E-state index in [9.17, 15) is 0 Å². The topological polar surface area (TPSA) is 80.2 Å². The number of nitrogens with one attached hydrogen (secondary N) is 1. The van der Waals surface area contributed by atoms with Gasteiger partial charge in [-0.1, -0.05) is 23.2 Å². The van der Waals surface area contributed by atoms with Crippen LogP contribution in [0.2, 0.25) is 0 Å². The van der Waals surface area contributed by atoms with Crippen molar-refractivity contribution in [2.45, 2.75) is 12.8 Å². The summed E-state index contributed by atoms with van der Waals surface area (Å²) < 4.78 is 0. The van der Waals surface area contributed by atoms with E-state index >= 15 is 0 Å². The van der Waals surface area contributed by atoms with E-state index in [0.29, 0.717) is 18.4 Å². The maximum absolute atomic E-state index is 8.86. The third kappa shape index (κ3) is 4.43. The maximum Gasteiger partial charge on any atom is 0.141 e. The van der Waals surface area contributed by atoms with Gasteiger partial charge in [-0.05, 0) is 12.8 Å². The van der Waals surface area contributed by atoms with Crippen LogP contribution in [0.4, 0.5) is 0 Å². The molecule has 0 fully saturated rings. The number of aliphatic hydroxyl groups excluding tert-OH is 1. The number of nitrogens with zero attached hydrogens (tertiary/aromatic N) is 2. The molecule has 0 heterocycles. The summed E-state index contributed by atoms with van der Waals surface area (Å²) in [4.78, 5) is 3.65. The molecule has 0 aromatic carbocycles. The van der Waals surface area contributed by atoms with Crippen molar-refractivity contribution in [1.82, 2.24) is 0 Å². The summed E-state index contributed by atoms with van der Waals surface area (Å²) in [6, 6.07) is 1.85. The van der Waals surface area contributed by atoms with Crippen molar-refractivity contribution < 1.29 is 5.11 Å². The highest BCUT2D eigenvalue weighted by molar-refractivity contribution is 6.73. The number of halogens is 2. The lowest BCUT2D eigenvalue weighted by atomic mass is 10.1. The molecule has 15 heavy (non-hydrogen) atoms. The van der Waals surface area contributed by atoms with Crippen molar-refractivity contribution in [2.24, 2.45) is 4.99 Å². The average molecular weight is 248 g/mol. The molecular formula is C9H11Cl2N3O. The second-order valence-corrected chi connectivity index (χ2v) is 3.36. The molecule has 2 N–H and O–H groups in total. The predicted octanol–water partition coefficient (Wildman–Crippen LogP) is 2.06. The summed E-state index contributed by atoms with van der Waals surface area (Å²) in [6.07, 6.45) is 0.747. The van der Waals surface area contributed by atoms with Gasteiger partial charge in [0, 0.05) is 19.2 Å². The molecule has 0 aliphatic heterocycles. The Morgan fingerprint density at radius 2 is 2.13 bits per heavy atom. The van der Waals surface area contributed by atoms with Gasteiger partial charge in [0.25, 0.3) is 0 Å². The number of rotatable bonds is 5. The van der Waals surface area contributed by atoms with Crippen LogP contribution in [0, 0.1) is 16.7 Å². The molecule has 0 aromatic heterocycles. The lowest BCUT2D eigenvalue weighted by molar-refractivity contribution is 0.289. The molecule has 0 aliphatic rings. The van der Waals surface area contributed by atoms with Crippen molar-refractivity contribution >= 4 is 33.5 Å². The van der Waals surface area contributed by atoms with Crippen molar-refractivity contribution in [3.63, 3.8) is 0 Å². The van der Waals surface area contributed by atoms with Crippen LogP contribution < -0.4 is 0 Å². The normalized spacial score (nSPS) is 13.1. The highest BCUT2D eigenvalue weighted by Gasteiger charge is 2.13. The summed E-state index contributed by atoms with van der Waals surface area (Å²) in [5.74, 6) is 0. The van der Waals surface area contributed by atoms with Crippen LogP contribution in [0.15, 0.2) is 16.1 Å². The molecule has 0 spiro atoms. The summed E-state index contributed by atoms with van der Waals surface area (Å²) in [7, 11) is 1.45. The van der Waals surface area contributed by atoms with Gasteiger partial charge in [-0.15, -0.1) is 0 Å². The van der Waals surface area contributed by atoms with Gasteiger partial charge < -0.3 is 5.11 Å². The van der Waals surface area contributed by atoms with Crippen molar-refractivity contribution in [2.75, 3.05) is 13.7 Å². The van der Waals surface area contributed by atoms with E-state index < -0.39 is 0 Å². The summed E-state index contributed by atoms with van der Waals surface area (Å²) >= 11 is 11.2. The van der Waals surface area contributed by atoms with Gasteiger partial charge in [-0.3, -0.25) is 10.4 Å². The van der Waals surface area contributed by atoms with Crippen LogP contribution in [0.1, 0.15) is 12.8 Å². The van der Waals surface area contributed by atoms with E-state index in [1.807, 2.05) is 6.07 Å². The predicted molar refractivity (Wildman–Crippen MR) is 61.8 cm³/mol. The van der Waals surface area contributed by atoms with E-state index in [4.69, 9.17) is 39.0 Å². The van der Waals surface area contributed by atoms with Crippen molar-refractivity contribution in [1.29, 1.82) is 10.7 Å². The zero-order valence-electron chi connectivity index (χ0n) is 8.22. The molecule has 0 atom stereocenters. The zero-order chi connectivity index (χ0) is 11.8. The Morgan fingerprint density at radius 3 is 2.47 bits per heavy atom. The van der Waals surface area contributed by atoms with Gasteiger partial charge in [0.05, 0.1) is 5.57 Å². The fraction of sp³-hybridized carbons (Fsp3) is 0.444. The number of aliphatic hydroxyl groups is 1. The van der Waals surface area contributed by atoms with Gasteiger partial charge in [-0.2, -0.15) is 5.26 Å². The molecule has 0 saturated heterocycles. The number of hydrogen-bond acceptors (Lipinski definition) is 4. The van der Waals surface area contributed by atoms with E-state index in [1.165, 1.54) is 7.05 Å². The summed E-state index contributed by atoms with van der Waals surface area (Å²) in [5, 5.41) is 24.6. The molecule has 82 valence electrons. The first kappa shape index (κ1) is 14.1. The fourth-order valence-corrected chi connectivity index (χ4v) is 1.30. The Bertz CT molecular complexity index is 342. The summed E-state index contributed by atoms with van der Waals surface area (Å²) in [5.41, 5.74) is 0.399. The average Bonchev–Trinajstić information content (AvgIpc) is 2.22. The molecule has 0 unspecified atom stereocenters. The Labute approximate surface area is 98.3 Å². The van der Waals surface area contributed by atoms with Gasteiger partial charge in [-0.25, -0.2) is 0 Å². The molecule has 0 bridgehead atoms. The van der Waals surface area contributed by atoms with E-state index in [1.54, 1.807) is 0 Å². The second-order valence-electron chi connectivity index (χ2n) is 2.62. The van der Waals surface area contributed by atoms with Gasteiger partial charge >= 0.3 is 0 Å². The second kappa shape index (κ2) is 7.41. The Hall–Kier alpha value is -0.890. The highest BCUT2D eigenvalue weighted by Crippen LogP contribution is 2.17. The van der Waals surface area contributed by atoms with Crippen molar-refractivity contribution in [3.05, 3.63) is 11.1 Å². The quantitative estimate of drug-likeness (QED) is 0.576. The molecule has 0 amide bonds. The minimum Gasteiger partial charge on any atom is -0.396 e. The molecule has 0 aliphatic carbocycles. The first-order valence-electron chi connectivity index (χ1n) is 4.19. The maximum atomic E-state index is 8.86. The third-order valence-corrected chi connectivity index (χ3v) is 2.25. The van der Waals surface area contributed by atoms with E-state index in [0.717, 1.165) is 0 Å². The molecule has 0 aromatic rings. The Kier molecular flexibility index (Phi) is 6.97. The van der Waals surface area contributed by atoms with Crippen molar-refractivity contribution in [3.8, 4) is 6.07 Å². The first-order chi connectivity index (χ1) is 7.08. The highest BCUT2D eigenvalue weighted by atomic mass is 35.5. The minimum absolute atomic E-state index is 0.0239. The lowest BCUT2D eigenvalue weighted by Crippen LogP contribution is -2.04. The molecular weight excluding hydrogens is 237 g/mol. The third-order valence-electron chi connectivity index (χ3n) is 1.67. The van der Waals surface area contributed by atoms with Crippen LogP contribution in [-0.4, -0.2) is 29.1 Å². The van der Waals surface area contributed by atoms with E-state index in [2.05, 4.69) is 4.99 Å². The summed E-state index contributed by atoms with van der Waals surface area (Å²) in [6.45, 7) is -0.0345. The fourth-order valence-electron chi connectivity index (χ4n) is 0.950. The molecule has 6 heteroatoms. The SMILES string of the molecule is CN=C(Cl)/C(C#N)=C(/CCCO)C(=N)Cl. The van der Waals surface area contributed by atoms with Crippen LogP contribution >= 0.6 is 23.2 Å². The van der Waals surface area contributed by atoms with Crippen LogP contribution in [-0.2, 0) is 0 Å². The van der Waals surface area contributed by atoms with Crippen LogP contribution in [0.25, 0.3) is 0 Å². The van der Waals surface area contributed by atoms with Gasteiger partial charge in [0.1, 0.15) is 16.4 Å². The largest absolute Gasteiger partial charge is 0.396 e. The Morgan fingerprint density at radius 1 is 1.53 bits per heavy atom. The van der Waals surface area contributed by atoms with Gasteiger partial charge in [0.15, 0.2) is 0 Å². The number of hydrogen-bond donors (Lipinski definition) is 2. The van der Waals surface area contributed by atoms with E-state index in [-0.39, 0.29) is 22.5 Å². The smallest absolute Gasteiger partial charge is 0.141 e. The monoisotopic (exact) mass is 247 g/mol. The molecule has 4 nitrogen and oxygen atoms in total. The molecule has 0 radical (unpaired) electrons. The molecule has 0 rings (SSSR count). The Balaban J connectivity index is 5.21. The lowest BCUT2D eigenvalue weighted by Gasteiger charge is -2.05. The molecule has 0 saturated carbocycles. The standard InChI is InChI=1S/C9H11Cl2N3O/c1-14-9(11)7(5-12)6(8(10)13)3-2-4-15/h13,15H,2-4H2,1H3/b7-6-,13-8?,14-9?. The number of allylic oxidation sites excluding steroid dienone is 2. The van der Waals surface area contributed by atoms with Crippen LogP contribution in [0.3, 0.4) is 0 Å². The first-order valence-corrected chi connectivity index (χ1v) is 4.95. The van der Waals surface area contributed by atoms with Crippen LogP contribution in [0.5, 0.6) is 0 Å².